The number of rotatable bonds is 7. The molecule has 4 aliphatic carbocycles. The maximum atomic E-state index is 12.2. The van der Waals surface area contributed by atoms with Gasteiger partial charge in [-0.25, -0.2) is 0 Å². The fraction of sp³-hybridized carbons (Fsp3) is 1.00. The molecule has 15 atom stereocenters. The second-order valence-electron chi connectivity index (χ2n) is 14.5. The maximum Gasteiger partial charge on any atom is 0.186 e. The third kappa shape index (κ3) is 4.34. The smallest absolute Gasteiger partial charge is 0.186 e. The Hall–Kier alpha value is -0.440. The molecule has 232 valence electrons. The first-order valence-electron chi connectivity index (χ1n) is 15.0. The van der Waals surface area contributed by atoms with Crippen LogP contribution in [0.1, 0.15) is 65.7 Å². The van der Waals surface area contributed by atoms with Gasteiger partial charge in [-0.05, 0) is 72.5 Å². The normalized spacial score (nSPS) is 53.4. The van der Waals surface area contributed by atoms with Gasteiger partial charge in [0.1, 0.15) is 42.2 Å². The van der Waals surface area contributed by atoms with Crippen LogP contribution in [-0.2, 0) is 9.47 Å². The Kier molecular flexibility index (Phi) is 8.23. The van der Waals surface area contributed by atoms with Crippen LogP contribution in [0.3, 0.4) is 0 Å². The van der Waals surface area contributed by atoms with Gasteiger partial charge >= 0.3 is 0 Å². The molecule has 11 heteroatoms. The minimum absolute atomic E-state index is 0.0358. The van der Waals surface area contributed by atoms with Gasteiger partial charge in [0.25, 0.3) is 0 Å². The second kappa shape index (κ2) is 10.6. The zero-order valence-corrected chi connectivity index (χ0v) is 23.8. The Balaban J connectivity index is 1.37. The van der Waals surface area contributed by atoms with E-state index in [0.29, 0.717) is 19.3 Å². The van der Waals surface area contributed by atoms with E-state index < -0.39 is 91.7 Å². The Morgan fingerprint density at radius 1 is 0.900 bits per heavy atom. The highest BCUT2D eigenvalue weighted by atomic mass is 16.7. The highest BCUT2D eigenvalue weighted by Crippen LogP contribution is 2.74. The quantitative estimate of drug-likeness (QED) is 0.178. The number of fused-ring (bicyclic) bond motifs is 3. The largest absolute Gasteiger partial charge is 0.396 e. The predicted molar refractivity (Wildman–Crippen MR) is 140 cm³/mol. The molecule has 40 heavy (non-hydrogen) atoms. The molecule has 5 fully saturated rings. The summed E-state index contributed by atoms with van der Waals surface area (Å²) in [5, 5.41) is 96.8. The zero-order chi connectivity index (χ0) is 29.4. The monoisotopic (exact) mass is 574 g/mol. The lowest BCUT2D eigenvalue weighted by molar-refractivity contribution is -0.308. The van der Waals surface area contributed by atoms with Crippen LogP contribution < -0.4 is 0 Å². The lowest BCUT2D eigenvalue weighted by Crippen LogP contribution is -2.64. The van der Waals surface area contributed by atoms with Crippen molar-refractivity contribution in [2.24, 2.45) is 39.9 Å². The first kappa shape index (κ1) is 31.0. The molecule has 15 unspecified atom stereocenters. The van der Waals surface area contributed by atoms with Crippen molar-refractivity contribution < 1.29 is 55.4 Å². The van der Waals surface area contributed by atoms with Gasteiger partial charge in [0.15, 0.2) is 6.29 Å². The summed E-state index contributed by atoms with van der Waals surface area (Å²) in [7, 11) is 0. The number of hydrogen-bond donors (Lipinski definition) is 9. The molecular weight excluding hydrogens is 524 g/mol. The first-order chi connectivity index (χ1) is 18.7. The van der Waals surface area contributed by atoms with Gasteiger partial charge in [-0.15, -0.1) is 0 Å². The van der Waals surface area contributed by atoms with Crippen LogP contribution in [0.5, 0.6) is 0 Å². The first-order valence-corrected chi connectivity index (χ1v) is 15.0. The third-order valence-corrected chi connectivity index (χ3v) is 12.2. The lowest BCUT2D eigenvalue weighted by Gasteiger charge is -2.66. The molecule has 5 aliphatic rings. The summed E-state index contributed by atoms with van der Waals surface area (Å²) in [6.07, 6.45) is -6.07. The SMILES string of the molecule is CC1(C)CCCC2(C)C1C(O)CC13CC(CCC21)C(O)(C(O)C(O)COC1OC(CO)C(O)C(O)C1O)C3CO. The molecule has 0 amide bonds. The van der Waals surface area contributed by atoms with Gasteiger partial charge in [-0.2, -0.15) is 0 Å². The Bertz CT molecular complexity index is 916. The van der Waals surface area contributed by atoms with Gasteiger partial charge in [0.05, 0.1) is 19.3 Å². The maximum absolute atomic E-state index is 12.2. The van der Waals surface area contributed by atoms with Crippen molar-refractivity contribution in [3.05, 3.63) is 0 Å². The standard InChI is InChI=1S/C29H50O11/c1-26(2)7-4-8-27(3)18-6-5-14-9-28(18,10-15(32)23(26)27)19(12-31)29(14,38)24(37)16(33)13-39-25-22(36)21(35)20(34)17(11-30)40-25/h14-25,30-38H,4-13H2,1-3H3. The molecule has 11 nitrogen and oxygen atoms in total. The molecule has 0 aromatic heterocycles. The van der Waals surface area contributed by atoms with Gasteiger partial charge < -0.3 is 55.4 Å². The van der Waals surface area contributed by atoms with Crippen molar-refractivity contribution in [1.82, 2.24) is 0 Å². The third-order valence-electron chi connectivity index (χ3n) is 12.2. The molecule has 1 saturated heterocycles. The van der Waals surface area contributed by atoms with E-state index >= 15 is 0 Å². The van der Waals surface area contributed by atoms with Crippen molar-refractivity contribution in [1.29, 1.82) is 0 Å². The zero-order valence-electron chi connectivity index (χ0n) is 23.8. The summed E-state index contributed by atoms with van der Waals surface area (Å²) in [4.78, 5) is 0. The van der Waals surface area contributed by atoms with Crippen LogP contribution in [-0.4, -0.2) is 120 Å². The Morgan fingerprint density at radius 2 is 1.60 bits per heavy atom. The molecule has 2 bridgehead atoms. The summed E-state index contributed by atoms with van der Waals surface area (Å²) in [5.74, 6) is -0.935. The molecule has 5 rings (SSSR count). The van der Waals surface area contributed by atoms with Crippen LogP contribution in [0, 0.1) is 39.9 Å². The van der Waals surface area contributed by atoms with Crippen LogP contribution in [0.2, 0.25) is 0 Å². The highest BCUT2D eigenvalue weighted by Gasteiger charge is 2.74. The molecule has 9 N–H and O–H groups in total. The van der Waals surface area contributed by atoms with E-state index in [2.05, 4.69) is 20.8 Å². The molecule has 0 aromatic rings. The minimum Gasteiger partial charge on any atom is -0.396 e. The summed E-state index contributed by atoms with van der Waals surface area (Å²) in [6, 6.07) is 0. The van der Waals surface area contributed by atoms with E-state index in [0.717, 1.165) is 25.7 Å². The average molecular weight is 575 g/mol. The van der Waals surface area contributed by atoms with Crippen LogP contribution in [0.25, 0.3) is 0 Å². The summed E-state index contributed by atoms with van der Waals surface area (Å²) >= 11 is 0. The molecule has 4 saturated carbocycles. The summed E-state index contributed by atoms with van der Waals surface area (Å²) < 4.78 is 10.8. The van der Waals surface area contributed by atoms with E-state index in [1.807, 2.05) is 0 Å². The van der Waals surface area contributed by atoms with Crippen LogP contribution in [0.4, 0.5) is 0 Å². The fourth-order valence-corrected chi connectivity index (χ4v) is 10.8. The van der Waals surface area contributed by atoms with Crippen molar-refractivity contribution in [2.45, 2.75) is 120 Å². The molecule has 1 spiro atoms. The lowest BCUT2D eigenvalue weighted by atomic mass is 9.39. The van der Waals surface area contributed by atoms with E-state index in [-0.39, 0.29) is 22.7 Å². The van der Waals surface area contributed by atoms with Gasteiger partial charge in [0.2, 0.25) is 0 Å². The molecule has 1 heterocycles. The number of ether oxygens (including phenoxy) is 2. The Labute approximate surface area is 235 Å². The molecule has 0 aromatic carbocycles. The number of aliphatic hydroxyl groups excluding tert-OH is 8. The van der Waals surface area contributed by atoms with Crippen LogP contribution in [0.15, 0.2) is 0 Å². The van der Waals surface area contributed by atoms with E-state index in [1.165, 1.54) is 0 Å². The van der Waals surface area contributed by atoms with Gasteiger partial charge in [-0.3, -0.25) is 0 Å². The van der Waals surface area contributed by atoms with Crippen LogP contribution >= 0.6 is 0 Å². The van der Waals surface area contributed by atoms with E-state index in [1.54, 1.807) is 0 Å². The number of aliphatic hydroxyl groups is 9. The molecular formula is C29H50O11. The highest BCUT2D eigenvalue weighted by molar-refractivity contribution is 5.23. The van der Waals surface area contributed by atoms with Gasteiger partial charge in [0, 0.05) is 12.5 Å². The predicted octanol–water partition coefficient (Wildman–Crippen LogP) is -1.12. The molecule has 0 radical (unpaired) electrons. The molecule has 1 aliphatic heterocycles. The van der Waals surface area contributed by atoms with Crippen molar-refractivity contribution in [3.63, 3.8) is 0 Å². The summed E-state index contributed by atoms with van der Waals surface area (Å²) in [5.41, 5.74) is -2.65. The topological polar surface area (TPSA) is 201 Å². The van der Waals surface area contributed by atoms with Crippen molar-refractivity contribution in [3.8, 4) is 0 Å². The van der Waals surface area contributed by atoms with Gasteiger partial charge in [-0.1, -0.05) is 27.2 Å². The minimum atomic E-state index is -1.84. The summed E-state index contributed by atoms with van der Waals surface area (Å²) in [6.45, 7) is 5.10. The fourth-order valence-electron chi connectivity index (χ4n) is 10.8. The Morgan fingerprint density at radius 3 is 2.25 bits per heavy atom. The second-order valence-corrected chi connectivity index (χ2v) is 14.5. The average Bonchev–Trinajstić information content (AvgIpc) is 3.06. The van der Waals surface area contributed by atoms with E-state index in [4.69, 9.17) is 9.47 Å². The van der Waals surface area contributed by atoms with Crippen molar-refractivity contribution >= 4 is 0 Å². The van der Waals surface area contributed by atoms with Crippen molar-refractivity contribution in [2.75, 3.05) is 19.8 Å². The van der Waals surface area contributed by atoms with E-state index in [9.17, 15) is 46.0 Å². The number of hydrogen-bond acceptors (Lipinski definition) is 11.